The van der Waals surface area contributed by atoms with Gasteiger partial charge >= 0.3 is 0 Å². The molecule has 3 N–H and O–H groups in total. The molecule has 0 spiro atoms. The Morgan fingerprint density at radius 1 is 1.29 bits per heavy atom. The van der Waals surface area contributed by atoms with Gasteiger partial charge in [-0.1, -0.05) is 0 Å². The summed E-state index contributed by atoms with van der Waals surface area (Å²) in [7, 11) is 1.88. The molecule has 3 rings (SSSR count). The van der Waals surface area contributed by atoms with Crippen molar-refractivity contribution < 1.29 is 9.59 Å². The van der Waals surface area contributed by atoms with Gasteiger partial charge in [-0.3, -0.25) is 19.2 Å². The van der Waals surface area contributed by atoms with Crippen LogP contribution in [0.25, 0.3) is 0 Å². The second kappa shape index (κ2) is 9.05. The van der Waals surface area contributed by atoms with Crippen molar-refractivity contribution in [3.8, 4) is 0 Å². The van der Waals surface area contributed by atoms with Crippen molar-refractivity contribution in [1.82, 2.24) is 25.3 Å². The highest BCUT2D eigenvalue weighted by Gasteiger charge is 2.29. The normalized spacial score (nSPS) is 24.1. The Kier molecular flexibility index (Phi) is 6.72. The van der Waals surface area contributed by atoms with Gasteiger partial charge in [0.05, 0.1) is 29.2 Å². The summed E-state index contributed by atoms with van der Waals surface area (Å²) in [6.45, 7) is 9.18. The summed E-state index contributed by atoms with van der Waals surface area (Å²) < 4.78 is 1.79. The number of hydrogen-bond acceptors (Lipinski definition) is 5. The fourth-order valence-electron chi connectivity index (χ4n) is 4.24. The second-order valence-corrected chi connectivity index (χ2v) is 8.23. The summed E-state index contributed by atoms with van der Waals surface area (Å²) in [4.78, 5) is 27.3. The molecule has 0 bridgehead atoms. The summed E-state index contributed by atoms with van der Waals surface area (Å²) in [6, 6.07) is -0.246. The maximum atomic E-state index is 12.8. The van der Waals surface area contributed by atoms with E-state index >= 15 is 0 Å². The summed E-state index contributed by atoms with van der Waals surface area (Å²) in [5, 5.41) is 13.8. The van der Waals surface area contributed by atoms with Crippen LogP contribution in [0.15, 0.2) is 0 Å². The fraction of sp³-hybridized carbons (Fsp3) is 0.750. The molecular weight excluding hydrogens is 356 g/mol. The third-order valence-electron chi connectivity index (χ3n) is 6.18. The fourth-order valence-corrected chi connectivity index (χ4v) is 4.24. The zero-order valence-electron chi connectivity index (χ0n) is 17.5. The third kappa shape index (κ3) is 4.72. The summed E-state index contributed by atoms with van der Waals surface area (Å²) >= 11 is 0. The van der Waals surface area contributed by atoms with E-state index in [0.29, 0.717) is 12.5 Å². The van der Waals surface area contributed by atoms with Crippen LogP contribution in [0.1, 0.15) is 44.0 Å². The van der Waals surface area contributed by atoms with Crippen LogP contribution in [-0.4, -0.2) is 64.8 Å². The van der Waals surface area contributed by atoms with Gasteiger partial charge in [-0.05, 0) is 65.5 Å². The van der Waals surface area contributed by atoms with Gasteiger partial charge < -0.3 is 16.0 Å². The number of piperidine rings is 1. The first-order chi connectivity index (χ1) is 13.4. The average molecular weight is 391 g/mol. The van der Waals surface area contributed by atoms with Crippen LogP contribution in [0.5, 0.6) is 0 Å². The minimum Gasteiger partial charge on any atom is -0.354 e. The van der Waals surface area contributed by atoms with E-state index in [1.165, 1.54) is 0 Å². The Labute approximate surface area is 167 Å². The van der Waals surface area contributed by atoms with Crippen LogP contribution >= 0.6 is 0 Å². The molecule has 0 saturated carbocycles. The molecule has 2 aliphatic rings. The van der Waals surface area contributed by atoms with Crippen molar-refractivity contribution in [2.75, 3.05) is 31.5 Å². The number of carbonyl (C=O) groups excluding carboxylic acids is 2. The molecule has 2 amide bonds. The molecule has 1 aromatic rings. The number of aryl methyl sites for hydroxylation is 2. The zero-order valence-corrected chi connectivity index (χ0v) is 17.5. The molecule has 3 atom stereocenters. The van der Waals surface area contributed by atoms with E-state index in [-0.39, 0.29) is 23.9 Å². The van der Waals surface area contributed by atoms with E-state index in [9.17, 15) is 9.59 Å². The third-order valence-corrected chi connectivity index (χ3v) is 6.18. The number of nitrogens with one attached hydrogen (secondary N) is 3. The second-order valence-electron chi connectivity index (χ2n) is 8.23. The van der Waals surface area contributed by atoms with Crippen LogP contribution in [0.3, 0.4) is 0 Å². The van der Waals surface area contributed by atoms with Crippen LogP contribution in [-0.2, 0) is 16.6 Å². The number of hydrogen-bond donors (Lipinski definition) is 3. The average Bonchev–Trinajstić information content (AvgIpc) is 3.30. The summed E-state index contributed by atoms with van der Waals surface area (Å²) in [5.74, 6) is 0.498. The van der Waals surface area contributed by atoms with Crippen molar-refractivity contribution >= 4 is 17.5 Å². The Hall–Kier alpha value is -1.93. The molecule has 8 heteroatoms. The highest BCUT2D eigenvalue weighted by molar-refractivity contribution is 5.95. The van der Waals surface area contributed by atoms with Crippen molar-refractivity contribution in [2.24, 2.45) is 13.0 Å². The number of rotatable bonds is 6. The van der Waals surface area contributed by atoms with Crippen molar-refractivity contribution in [3.63, 3.8) is 0 Å². The molecule has 3 unspecified atom stereocenters. The van der Waals surface area contributed by atoms with E-state index in [1.807, 2.05) is 27.8 Å². The minimum absolute atomic E-state index is 0.000888. The topological polar surface area (TPSA) is 91.3 Å². The predicted molar refractivity (Wildman–Crippen MR) is 109 cm³/mol. The van der Waals surface area contributed by atoms with Gasteiger partial charge in [-0.25, -0.2) is 0 Å². The lowest BCUT2D eigenvalue weighted by Crippen LogP contribution is -2.50. The molecule has 2 aliphatic heterocycles. The largest absolute Gasteiger partial charge is 0.354 e. The van der Waals surface area contributed by atoms with Crippen molar-refractivity contribution in [1.29, 1.82) is 0 Å². The Balaban J connectivity index is 1.51. The molecule has 8 nitrogen and oxygen atoms in total. The highest BCUT2D eigenvalue weighted by atomic mass is 16.2. The molecule has 156 valence electrons. The van der Waals surface area contributed by atoms with E-state index in [0.717, 1.165) is 62.4 Å². The quantitative estimate of drug-likeness (QED) is 0.673. The van der Waals surface area contributed by atoms with Crippen LogP contribution in [0, 0.1) is 19.8 Å². The van der Waals surface area contributed by atoms with Gasteiger partial charge in [0.25, 0.3) is 0 Å². The number of aromatic nitrogens is 2. The maximum Gasteiger partial charge on any atom is 0.241 e. The number of carbonyl (C=O) groups is 2. The molecule has 1 aromatic heterocycles. The van der Waals surface area contributed by atoms with Crippen LogP contribution in [0.4, 0.5) is 5.69 Å². The lowest BCUT2D eigenvalue weighted by molar-refractivity contribution is -0.124. The smallest absolute Gasteiger partial charge is 0.241 e. The molecule has 0 aromatic carbocycles. The Bertz CT molecular complexity index is 710. The minimum atomic E-state index is -0.214. The number of amides is 2. The summed E-state index contributed by atoms with van der Waals surface area (Å²) in [6.07, 6.45) is 4.12. The SMILES string of the molecule is Cc1nn(C)c(C)c1NC(=O)C(C)N1CCCC(CNC(=O)C2CCCN2)C1. The first-order valence-corrected chi connectivity index (χ1v) is 10.4. The van der Waals surface area contributed by atoms with Gasteiger partial charge in [0, 0.05) is 20.1 Å². The molecule has 0 aliphatic carbocycles. The number of likely N-dealkylation sites (tertiary alicyclic amines) is 1. The van der Waals surface area contributed by atoms with Crippen molar-refractivity contribution in [2.45, 2.75) is 58.5 Å². The Morgan fingerprint density at radius 3 is 2.71 bits per heavy atom. The maximum absolute atomic E-state index is 12.8. The van der Waals surface area contributed by atoms with E-state index in [1.54, 1.807) is 4.68 Å². The first kappa shape index (κ1) is 20.8. The lowest BCUT2D eigenvalue weighted by Gasteiger charge is -2.36. The number of anilines is 1. The van der Waals surface area contributed by atoms with E-state index in [4.69, 9.17) is 0 Å². The molecule has 28 heavy (non-hydrogen) atoms. The van der Waals surface area contributed by atoms with E-state index < -0.39 is 0 Å². The van der Waals surface area contributed by atoms with Gasteiger partial charge in [0.15, 0.2) is 0 Å². The standard InChI is InChI=1S/C20H34N6O2/c1-13-18(14(2)25(4)24-13)23-19(27)15(3)26-10-6-7-16(12-26)11-22-20(28)17-8-5-9-21-17/h15-17,21H,5-12H2,1-4H3,(H,22,28)(H,23,27). The zero-order chi connectivity index (χ0) is 20.3. The monoisotopic (exact) mass is 390 g/mol. The van der Waals surface area contributed by atoms with Crippen molar-refractivity contribution in [3.05, 3.63) is 11.4 Å². The Morgan fingerprint density at radius 2 is 2.07 bits per heavy atom. The van der Waals surface area contributed by atoms with Gasteiger partial charge in [0.2, 0.25) is 11.8 Å². The molecule has 0 radical (unpaired) electrons. The van der Waals surface area contributed by atoms with E-state index in [2.05, 4.69) is 25.9 Å². The first-order valence-electron chi connectivity index (χ1n) is 10.4. The summed E-state index contributed by atoms with van der Waals surface area (Å²) in [5.41, 5.74) is 2.60. The lowest BCUT2D eigenvalue weighted by atomic mass is 9.96. The highest BCUT2D eigenvalue weighted by Crippen LogP contribution is 2.21. The van der Waals surface area contributed by atoms with Crippen LogP contribution < -0.4 is 16.0 Å². The van der Waals surface area contributed by atoms with Gasteiger partial charge in [-0.2, -0.15) is 5.10 Å². The molecule has 3 heterocycles. The molecular formula is C20H34N6O2. The molecule has 2 saturated heterocycles. The van der Waals surface area contributed by atoms with Crippen LogP contribution in [0.2, 0.25) is 0 Å². The van der Waals surface area contributed by atoms with Gasteiger partial charge in [0.1, 0.15) is 0 Å². The number of nitrogens with zero attached hydrogens (tertiary/aromatic N) is 3. The molecule has 2 fully saturated rings. The van der Waals surface area contributed by atoms with Gasteiger partial charge in [-0.15, -0.1) is 0 Å². The predicted octanol–water partition coefficient (Wildman–Crippen LogP) is 0.944.